The molecule has 0 radical (unpaired) electrons. The van der Waals surface area contributed by atoms with Crippen LogP contribution in [-0.4, -0.2) is 14.7 Å². The highest BCUT2D eigenvalue weighted by Crippen LogP contribution is 2.31. The number of thioether (sulfide) groups is 1. The number of hydrogen-bond donors (Lipinski definition) is 0. The van der Waals surface area contributed by atoms with E-state index < -0.39 is 10.7 Å². The molecule has 0 N–H and O–H groups in total. The molecule has 0 spiro atoms. The second kappa shape index (κ2) is 7.20. The van der Waals surface area contributed by atoms with Gasteiger partial charge in [0, 0.05) is 11.8 Å². The molecule has 5 nitrogen and oxygen atoms in total. The van der Waals surface area contributed by atoms with E-state index in [2.05, 4.69) is 5.10 Å². The number of benzene rings is 2. The Morgan fingerprint density at radius 1 is 1.25 bits per heavy atom. The van der Waals surface area contributed by atoms with Crippen LogP contribution in [0.5, 0.6) is 0 Å². The summed E-state index contributed by atoms with van der Waals surface area (Å²) in [6, 6.07) is 13.3. The van der Waals surface area contributed by atoms with E-state index in [0.29, 0.717) is 8.29 Å². The molecule has 24 heavy (non-hydrogen) atoms. The molecule has 3 rings (SSSR count). The van der Waals surface area contributed by atoms with Gasteiger partial charge in [0.2, 0.25) is 0 Å². The van der Waals surface area contributed by atoms with E-state index in [4.69, 9.17) is 12.2 Å². The largest absolute Gasteiger partial charge is 0.276 e. The van der Waals surface area contributed by atoms with Crippen molar-refractivity contribution in [1.29, 1.82) is 0 Å². The number of halogens is 1. The van der Waals surface area contributed by atoms with Crippen molar-refractivity contribution in [2.75, 3.05) is 0 Å². The molecular formula is C15H10FN3O2S3. The summed E-state index contributed by atoms with van der Waals surface area (Å²) in [6.45, 7) is 0. The van der Waals surface area contributed by atoms with Crippen LogP contribution in [0.3, 0.4) is 0 Å². The lowest BCUT2D eigenvalue weighted by Crippen LogP contribution is -1.98. The zero-order chi connectivity index (χ0) is 17.1. The number of para-hydroxylation sites is 1. The summed E-state index contributed by atoms with van der Waals surface area (Å²) < 4.78 is 16.7. The Morgan fingerprint density at radius 2 is 2.00 bits per heavy atom. The molecule has 0 saturated heterocycles. The lowest BCUT2D eigenvalue weighted by molar-refractivity contribution is -0.385. The molecule has 0 saturated carbocycles. The second-order valence-corrected chi connectivity index (χ2v) is 7.51. The van der Waals surface area contributed by atoms with Gasteiger partial charge in [0.15, 0.2) is 8.29 Å². The summed E-state index contributed by atoms with van der Waals surface area (Å²) in [5.41, 5.74) is 0.663. The van der Waals surface area contributed by atoms with Crippen molar-refractivity contribution in [1.82, 2.24) is 9.78 Å². The molecule has 0 fully saturated rings. The zero-order valence-corrected chi connectivity index (χ0v) is 14.5. The highest BCUT2D eigenvalue weighted by atomic mass is 32.2. The van der Waals surface area contributed by atoms with E-state index in [-0.39, 0.29) is 17.0 Å². The van der Waals surface area contributed by atoms with Gasteiger partial charge in [0.25, 0.3) is 5.69 Å². The van der Waals surface area contributed by atoms with E-state index >= 15 is 0 Å². The van der Waals surface area contributed by atoms with Gasteiger partial charge in [-0.15, -0.1) is 5.10 Å². The minimum atomic E-state index is -0.595. The maximum Gasteiger partial charge on any atom is 0.276 e. The summed E-state index contributed by atoms with van der Waals surface area (Å²) in [4.78, 5) is 10.4. The van der Waals surface area contributed by atoms with Crippen LogP contribution in [0.1, 0.15) is 5.56 Å². The van der Waals surface area contributed by atoms with Gasteiger partial charge in [-0.1, -0.05) is 47.4 Å². The van der Waals surface area contributed by atoms with Gasteiger partial charge in [-0.2, -0.15) is 0 Å². The monoisotopic (exact) mass is 379 g/mol. The van der Waals surface area contributed by atoms with Gasteiger partial charge in [-0.05, 0) is 30.4 Å². The number of aromatic nitrogens is 2. The van der Waals surface area contributed by atoms with Gasteiger partial charge in [-0.3, -0.25) is 10.1 Å². The number of nitrogens with zero attached hydrogens (tertiary/aromatic N) is 3. The second-order valence-electron chi connectivity index (χ2n) is 4.66. The summed E-state index contributed by atoms with van der Waals surface area (Å²) in [5, 5.41) is 15.4. The molecule has 122 valence electrons. The van der Waals surface area contributed by atoms with E-state index in [1.165, 1.54) is 41.3 Å². The van der Waals surface area contributed by atoms with Gasteiger partial charge >= 0.3 is 0 Å². The van der Waals surface area contributed by atoms with Gasteiger partial charge in [0.05, 0.1) is 16.2 Å². The molecule has 3 aromatic rings. The number of nitro benzene ring substituents is 1. The Morgan fingerprint density at radius 3 is 2.71 bits per heavy atom. The van der Waals surface area contributed by atoms with Gasteiger partial charge in [-0.25, -0.2) is 9.07 Å². The van der Waals surface area contributed by atoms with Crippen LogP contribution in [0.15, 0.2) is 52.9 Å². The van der Waals surface area contributed by atoms with Crippen LogP contribution in [0.25, 0.3) is 5.69 Å². The fourth-order valence-electron chi connectivity index (χ4n) is 2.05. The third kappa shape index (κ3) is 3.53. The molecule has 1 aromatic heterocycles. The average molecular weight is 379 g/mol. The van der Waals surface area contributed by atoms with Crippen molar-refractivity contribution in [3.05, 3.63) is 74.0 Å². The van der Waals surface area contributed by atoms with Crippen molar-refractivity contribution >= 4 is 41.0 Å². The Kier molecular flexibility index (Phi) is 5.03. The van der Waals surface area contributed by atoms with Crippen LogP contribution in [0.2, 0.25) is 0 Å². The Hall–Kier alpha value is -2.10. The van der Waals surface area contributed by atoms with Crippen molar-refractivity contribution in [2.24, 2.45) is 0 Å². The lowest BCUT2D eigenvalue weighted by atomic mass is 10.2. The molecule has 0 amide bonds. The highest BCUT2D eigenvalue weighted by Gasteiger charge is 2.18. The van der Waals surface area contributed by atoms with E-state index in [1.807, 2.05) is 30.3 Å². The van der Waals surface area contributed by atoms with Crippen LogP contribution in [-0.2, 0) is 5.75 Å². The smallest absolute Gasteiger partial charge is 0.258 e. The summed E-state index contributed by atoms with van der Waals surface area (Å²) >= 11 is 7.81. The maximum atomic E-state index is 13.9. The standard InChI is InChI=1S/C15H10FN3O2S3/c16-12-7-4-8-13(19(20)21)11(12)9-23-14-17-18(15(22)24-14)10-5-2-1-3-6-10/h1-8H,9H2. The first-order valence-corrected chi connectivity index (χ1v) is 8.97. The highest BCUT2D eigenvalue weighted by molar-refractivity contribution is 8.00. The first-order valence-electron chi connectivity index (χ1n) is 6.76. The summed E-state index contributed by atoms with van der Waals surface area (Å²) in [6.07, 6.45) is 0. The topological polar surface area (TPSA) is 61.0 Å². The molecule has 0 aliphatic heterocycles. The molecule has 0 aliphatic rings. The Balaban J connectivity index is 1.85. The summed E-state index contributed by atoms with van der Waals surface area (Å²) in [7, 11) is 0. The Labute approximate surface area is 149 Å². The van der Waals surface area contributed by atoms with Gasteiger partial charge in [0.1, 0.15) is 5.82 Å². The van der Waals surface area contributed by atoms with Crippen molar-refractivity contribution < 1.29 is 9.31 Å². The first kappa shape index (κ1) is 16.7. The Bertz CT molecular complexity index is 941. The van der Waals surface area contributed by atoms with Crippen LogP contribution in [0.4, 0.5) is 10.1 Å². The fraction of sp³-hybridized carbons (Fsp3) is 0.0667. The number of hydrogen-bond acceptors (Lipinski definition) is 6. The zero-order valence-electron chi connectivity index (χ0n) is 12.1. The third-order valence-corrected chi connectivity index (χ3v) is 5.55. The first-order chi connectivity index (χ1) is 11.6. The minimum Gasteiger partial charge on any atom is -0.258 e. The predicted molar refractivity (Wildman–Crippen MR) is 94.9 cm³/mol. The van der Waals surface area contributed by atoms with E-state index in [1.54, 1.807) is 4.68 Å². The normalized spacial score (nSPS) is 10.7. The molecule has 0 bridgehead atoms. The molecule has 0 atom stereocenters. The van der Waals surface area contributed by atoms with Crippen molar-refractivity contribution in [2.45, 2.75) is 10.1 Å². The van der Waals surface area contributed by atoms with E-state index in [0.717, 1.165) is 5.69 Å². The lowest BCUT2D eigenvalue weighted by Gasteiger charge is -2.02. The van der Waals surface area contributed by atoms with E-state index in [9.17, 15) is 14.5 Å². The quantitative estimate of drug-likeness (QED) is 0.270. The van der Waals surface area contributed by atoms with Crippen molar-refractivity contribution in [3.8, 4) is 5.69 Å². The molecular weight excluding hydrogens is 369 g/mol. The average Bonchev–Trinajstić information content (AvgIpc) is 2.95. The molecule has 0 unspecified atom stereocenters. The van der Waals surface area contributed by atoms with Crippen LogP contribution in [0, 0.1) is 19.9 Å². The summed E-state index contributed by atoms with van der Waals surface area (Å²) in [5.74, 6) is -0.483. The van der Waals surface area contributed by atoms with Crippen LogP contribution >= 0.6 is 35.3 Å². The minimum absolute atomic E-state index is 0.0554. The number of nitro groups is 1. The molecule has 0 aliphatic carbocycles. The predicted octanol–water partition coefficient (Wildman–Crippen LogP) is 5.00. The molecule has 2 aromatic carbocycles. The molecule has 9 heteroatoms. The van der Waals surface area contributed by atoms with Crippen molar-refractivity contribution in [3.63, 3.8) is 0 Å². The SMILES string of the molecule is O=[N+]([O-])c1cccc(F)c1CSc1nn(-c2ccccc2)c(=S)s1. The number of rotatable bonds is 5. The van der Waals surface area contributed by atoms with Crippen LogP contribution < -0.4 is 0 Å². The molecule has 1 heterocycles. The van der Waals surface area contributed by atoms with Gasteiger partial charge < -0.3 is 0 Å². The fourth-order valence-corrected chi connectivity index (χ4v) is 4.43. The third-order valence-electron chi connectivity index (χ3n) is 3.16. The maximum absolute atomic E-state index is 13.9.